The first-order valence-corrected chi connectivity index (χ1v) is 7.06. The Labute approximate surface area is 121 Å². The number of hydrogen-bond donors (Lipinski definition) is 2. The van der Waals surface area contributed by atoms with Crippen molar-refractivity contribution in [1.82, 2.24) is 15.1 Å². The minimum absolute atomic E-state index is 0. The number of carboxylic acids is 1. The lowest BCUT2D eigenvalue weighted by Gasteiger charge is -2.38. The summed E-state index contributed by atoms with van der Waals surface area (Å²) in [6.07, 6.45) is 1.62. The molecular weight excluding hydrogens is 266 g/mol. The zero-order chi connectivity index (χ0) is 13.0. The zero-order valence-corrected chi connectivity index (χ0v) is 12.5. The van der Waals surface area contributed by atoms with Gasteiger partial charge in [0.25, 0.3) is 0 Å². The first kappa shape index (κ1) is 16.7. The van der Waals surface area contributed by atoms with Crippen LogP contribution in [0.4, 0.5) is 0 Å². The van der Waals surface area contributed by atoms with Gasteiger partial charge in [-0.15, -0.1) is 12.4 Å². The molecule has 112 valence electrons. The summed E-state index contributed by atoms with van der Waals surface area (Å²) in [6, 6.07) is 0.577. The van der Waals surface area contributed by atoms with E-state index in [4.69, 9.17) is 5.11 Å². The number of halogens is 1. The van der Waals surface area contributed by atoms with Crippen LogP contribution in [0, 0.1) is 5.92 Å². The molecule has 0 aliphatic carbocycles. The number of piperidine rings is 1. The first-order valence-electron chi connectivity index (χ1n) is 7.06. The molecule has 2 rings (SSSR count). The maximum absolute atomic E-state index is 10.9. The Morgan fingerprint density at radius 3 is 2.37 bits per heavy atom. The molecule has 0 aromatic heterocycles. The third-order valence-corrected chi connectivity index (χ3v) is 4.23. The molecule has 2 saturated heterocycles. The highest BCUT2D eigenvalue weighted by molar-refractivity contribution is 5.85. The van der Waals surface area contributed by atoms with Gasteiger partial charge in [0.15, 0.2) is 0 Å². The number of nitrogens with one attached hydrogen (secondary N) is 1. The van der Waals surface area contributed by atoms with E-state index in [1.54, 1.807) is 0 Å². The van der Waals surface area contributed by atoms with E-state index in [-0.39, 0.29) is 18.3 Å². The highest BCUT2D eigenvalue weighted by Gasteiger charge is 2.26. The average Bonchev–Trinajstić information content (AvgIpc) is 2.40. The largest absolute Gasteiger partial charge is 0.481 e. The summed E-state index contributed by atoms with van der Waals surface area (Å²) in [4.78, 5) is 15.8. The number of carboxylic acid groups (broad SMARTS) is 1. The Kier molecular flexibility index (Phi) is 7.07. The van der Waals surface area contributed by atoms with Gasteiger partial charge in [-0.3, -0.25) is 9.69 Å². The number of carbonyl (C=O) groups is 1. The van der Waals surface area contributed by atoms with E-state index in [1.165, 1.54) is 0 Å². The molecule has 1 atom stereocenters. The van der Waals surface area contributed by atoms with Crippen molar-refractivity contribution in [3.8, 4) is 0 Å². The van der Waals surface area contributed by atoms with Crippen molar-refractivity contribution < 1.29 is 9.90 Å². The van der Waals surface area contributed by atoms with Gasteiger partial charge in [0.05, 0.1) is 5.92 Å². The fourth-order valence-corrected chi connectivity index (χ4v) is 2.97. The predicted octanol–water partition coefficient (Wildman–Crippen LogP) is 0.499. The monoisotopic (exact) mass is 291 g/mol. The van der Waals surface area contributed by atoms with E-state index in [1.807, 2.05) is 0 Å². The summed E-state index contributed by atoms with van der Waals surface area (Å²) in [5.41, 5.74) is 0. The van der Waals surface area contributed by atoms with E-state index >= 15 is 0 Å². The van der Waals surface area contributed by atoms with E-state index in [0.29, 0.717) is 6.04 Å². The summed E-state index contributed by atoms with van der Waals surface area (Å²) in [5.74, 6) is -0.736. The summed E-state index contributed by atoms with van der Waals surface area (Å²) >= 11 is 0. The first-order chi connectivity index (χ1) is 8.66. The van der Waals surface area contributed by atoms with Gasteiger partial charge in [0.2, 0.25) is 0 Å². The van der Waals surface area contributed by atoms with Crippen molar-refractivity contribution in [2.24, 2.45) is 5.92 Å². The Morgan fingerprint density at radius 1 is 1.26 bits per heavy atom. The van der Waals surface area contributed by atoms with Crippen molar-refractivity contribution in [3.05, 3.63) is 0 Å². The molecule has 0 saturated carbocycles. The summed E-state index contributed by atoms with van der Waals surface area (Å²) in [7, 11) is 0. The van der Waals surface area contributed by atoms with Crippen molar-refractivity contribution in [1.29, 1.82) is 0 Å². The molecular formula is C13H26ClN3O2. The van der Waals surface area contributed by atoms with Crippen LogP contribution < -0.4 is 5.32 Å². The molecule has 0 spiro atoms. The number of hydrogen-bond acceptors (Lipinski definition) is 4. The molecule has 5 nitrogen and oxygen atoms in total. The molecule has 2 aliphatic heterocycles. The second-order valence-corrected chi connectivity index (χ2v) is 5.55. The van der Waals surface area contributed by atoms with Crippen molar-refractivity contribution >= 4 is 18.4 Å². The second kappa shape index (κ2) is 8.04. The fraction of sp³-hybridized carbons (Fsp3) is 0.923. The topological polar surface area (TPSA) is 55.8 Å². The quantitative estimate of drug-likeness (QED) is 0.790. The Hall–Kier alpha value is -0.360. The highest BCUT2D eigenvalue weighted by atomic mass is 35.5. The molecule has 1 unspecified atom stereocenters. The highest BCUT2D eigenvalue weighted by Crippen LogP contribution is 2.18. The van der Waals surface area contributed by atoms with Crippen LogP contribution in [-0.4, -0.2) is 72.7 Å². The van der Waals surface area contributed by atoms with Gasteiger partial charge in [0.1, 0.15) is 0 Å². The summed E-state index contributed by atoms with van der Waals surface area (Å²) in [6.45, 7) is 9.68. The van der Waals surface area contributed by atoms with Crippen LogP contribution in [0.2, 0.25) is 0 Å². The van der Waals surface area contributed by atoms with Crippen molar-refractivity contribution in [3.63, 3.8) is 0 Å². The molecule has 2 fully saturated rings. The maximum Gasteiger partial charge on any atom is 0.306 e. The Morgan fingerprint density at radius 2 is 1.84 bits per heavy atom. The summed E-state index contributed by atoms with van der Waals surface area (Å²) < 4.78 is 0. The minimum atomic E-state index is -0.621. The van der Waals surface area contributed by atoms with Crippen molar-refractivity contribution in [2.75, 3.05) is 45.8 Å². The van der Waals surface area contributed by atoms with Gasteiger partial charge in [-0.25, -0.2) is 0 Å². The molecule has 0 aromatic rings. The van der Waals surface area contributed by atoms with Crippen LogP contribution >= 0.6 is 12.4 Å². The third-order valence-electron chi connectivity index (χ3n) is 4.23. The molecule has 19 heavy (non-hydrogen) atoms. The number of likely N-dealkylation sites (tertiary alicyclic amines) is 1. The second-order valence-electron chi connectivity index (χ2n) is 5.55. The predicted molar refractivity (Wildman–Crippen MR) is 78.0 cm³/mol. The maximum atomic E-state index is 10.9. The van der Waals surface area contributed by atoms with Crippen LogP contribution in [0.3, 0.4) is 0 Å². The molecule has 2 aliphatic rings. The molecule has 0 amide bonds. The van der Waals surface area contributed by atoms with Crippen LogP contribution in [0.5, 0.6) is 0 Å². The molecule has 2 heterocycles. The van der Waals surface area contributed by atoms with Crippen LogP contribution in [0.1, 0.15) is 19.8 Å². The average molecular weight is 292 g/mol. The SMILES string of the molecule is CC(CN1CCC(C(=O)O)CC1)N1CCNCC1.Cl. The van der Waals surface area contributed by atoms with E-state index in [2.05, 4.69) is 22.0 Å². The lowest BCUT2D eigenvalue weighted by Crippen LogP contribution is -2.51. The van der Waals surface area contributed by atoms with Gasteiger partial charge < -0.3 is 15.3 Å². The van der Waals surface area contributed by atoms with Gasteiger partial charge >= 0.3 is 5.97 Å². The number of rotatable bonds is 4. The number of piperazine rings is 1. The van der Waals surface area contributed by atoms with E-state index < -0.39 is 5.97 Å². The lowest BCUT2D eigenvalue weighted by atomic mass is 9.97. The van der Waals surface area contributed by atoms with Gasteiger partial charge in [-0.1, -0.05) is 0 Å². The third kappa shape index (κ3) is 4.91. The summed E-state index contributed by atoms with van der Waals surface area (Å²) in [5, 5.41) is 12.3. The lowest BCUT2D eigenvalue weighted by molar-refractivity contribution is -0.143. The Balaban J connectivity index is 0.00000180. The van der Waals surface area contributed by atoms with Gasteiger partial charge in [-0.2, -0.15) is 0 Å². The van der Waals surface area contributed by atoms with Crippen LogP contribution in [0.25, 0.3) is 0 Å². The molecule has 0 aromatic carbocycles. The smallest absolute Gasteiger partial charge is 0.306 e. The normalized spacial score (nSPS) is 24.7. The van der Waals surface area contributed by atoms with E-state index in [0.717, 1.165) is 58.7 Å². The van der Waals surface area contributed by atoms with Crippen molar-refractivity contribution in [2.45, 2.75) is 25.8 Å². The molecule has 0 radical (unpaired) electrons. The number of nitrogens with zero attached hydrogens (tertiary/aromatic N) is 2. The number of aliphatic carboxylic acids is 1. The van der Waals surface area contributed by atoms with Crippen LogP contribution in [-0.2, 0) is 4.79 Å². The molecule has 2 N–H and O–H groups in total. The molecule has 0 bridgehead atoms. The van der Waals surface area contributed by atoms with Crippen LogP contribution in [0.15, 0.2) is 0 Å². The fourth-order valence-electron chi connectivity index (χ4n) is 2.97. The van der Waals surface area contributed by atoms with Gasteiger partial charge in [0, 0.05) is 38.8 Å². The minimum Gasteiger partial charge on any atom is -0.481 e. The zero-order valence-electron chi connectivity index (χ0n) is 11.7. The standard InChI is InChI=1S/C13H25N3O2.ClH/c1-11(16-8-4-14-5-9-16)10-15-6-2-12(3-7-15)13(17)18;/h11-12,14H,2-10H2,1H3,(H,17,18);1H. The van der Waals surface area contributed by atoms with E-state index in [9.17, 15) is 4.79 Å². The van der Waals surface area contributed by atoms with Gasteiger partial charge in [-0.05, 0) is 32.9 Å². The Bertz CT molecular complexity index is 277. The molecule has 6 heteroatoms.